The van der Waals surface area contributed by atoms with E-state index in [0.29, 0.717) is 22.2 Å². The van der Waals surface area contributed by atoms with Gasteiger partial charge < -0.3 is 10.2 Å². The summed E-state index contributed by atoms with van der Waals surface area (Å²) in [4.78, 5) is 5.31. The number of rotatable bonds is 3. The van der Waals surface area contributed by atoms with E-state index in [1.54, 1.807) is 0 Å². The Kier molecular flexibility index (Phi) is 3.99. The minimum atomic E-state index is -0.286. The predicted molar refractivity (Wildman–Crippen MR) is 120 cm³/mol. The summed E-state index contributed by atoms with van der Waals surface area (Å²) in [6, 6.07) is 0. The van der Waals surface area contributed by atoms with Gasteiger partial charge in [0.1, 0.15) is 6.10 Å². The Morgan fingerprint density at radius 1 is 1.00 bits per heavy atom. The first-order chi connectivity index (χ1) is 14.1. The van der Waals surface area contributed by atoms with Gasteiger partial charge in [-0.25, -0.2) is 0 Å². The van der Waals surface area contributed by atoms with E-state index in [-0.39, 0.29) is 23.2 Å². The highest BCUT2D eigenvalue weighted by Crippen LogP contribution is 2.91. The first-order valence-corrected chi connectivity index (χ1v) is 13.1. The van der Waals surface area contributed by atoms with Crippen LogP contribution in [0, 0.1) is 39.4 Å². The van der Waals surface area contributed by atoms with E-state index >= 15 is 0 Å². The molecule has 0 saturated heterocycles. The van der Waals surface area contributed by atoms with Crippen molar-refractivity contribution < 1.29 is 10.2 Å². The molecule has 1 aliphatic heterocycles. The third-order valence-electron chi connectivity index (χ3n) is 12.3. The smallest absolute Gasteiger partial charge is 0.117 e. The third-order valence-corrected chi connectivity index (χ3v) is 12.3. The van der Waals surface area contributed by atoms with Crippen LogP contribution < -0.4 is 0 Å². The van der Waals surface area contributed by atoms with Crippen LogP contribution in [-0.2, 0) is 0 Å². The zero-order valence-electron chi connectivity index (χ0n) is 19.7. The summed E-state index contributed by atoms with van der Waals surface area (Å²) in [6.07, 6.45) is 14.1. The molecule has 3 heteroatoms. The van der Waals surface area contributed by atoms with Crippen LogP contribution in [0.1, 0.15) is 105 Å². The van der Waals surface area contributed by atoms with Gasteiger partial charge in [-0.2, -0.15) is 0 Å². The Balaban J connectivity index is 1.31. The Morgan fingerprint density at radius 3 is 2.53 bits per heavy atom. The topological polar surface area (TPSA) is 52.8 Å². The summed E-state index contributed by atoms with van der Waals surface area (Å²) in [5, 5.41) is 21.7. The summed E-state index contributed by atoms with van der Waals surface area (Å²) < 4.78 is 0. The van der Waals surface area contributed by atoms with Crippen LogP contribution in [-0.4, -0.2) is 33.7 Å². The van der Waals surface area contributed by atoms with Crippen molar-refractivity contribution >= 4 is 5.71 Å². The molecule has 1 heterocycles. The Bertz CT molecular complexity index is 792. The summed E-state index contributed by atoms with van der Waals surface area (Å²) in [5.74, 6) is 2.24. The van der Waals surface area contributed by atoms with Gasteiger partial charge in [0, 0.05) is 11.1 Å². The lowest BCUT2D eigenvalue weighted by molar-refractivity contribution is -0.137. The van der Waals surface area contributed by atoms with Gasteiger partial charge in [-0.15, -0.1) is 0 Å². The number of aliphatic imine (C=N–C) groups is 1. The van der Waals surface area contributed by atoms with E-state index < -0.39 is 0 Å². The fourth-order valence-electron chi connectivity index (χ4n) is 10.6. The average molecular weight is 414 g/mol. The molecule has 30 heavy (non-hydrogen) atoms. The molecule has 5 fully saturated rings. The zero-order chi connectivity index (χ0) is 21.2. The molecule has 6 rings (SSSR count). The third kappa shape index (κ3) is 2.05. The monoisotopic (exact) mass is 413 g/mol. The normalized spacial score (nSPS) is 58.4. The van der Waals surface area contributed by atoms with E-state index in [1.165, 1.54) is 44.9 Å². The highest BCUT2D eigenvalue weighted by atomic mass is 16.3. The number of aliphatic hydroxyl groups is 2. The second-order valence-electron chi connectivity index (χ2n) is 13.4. The highest BCUT2D eigenvalue weighted by Gasteiger charge is 2.87. The minimum absolute atomic E-state index is 0.0578. The molecule has 0 aromatic heterocycles. The average Bonchev–Trinajstić information content (AvgIpc) is 3.29. The van der Waals surface area contributed by atoms with Gasteiger partial charge in [0.25, 0.3) is 0 Å². The van der Waals surface area contributed by atoms with Gasteiger partial charge in [0.15, 0.2) is 0 Å². The summed E-state index contributed by atoms with van der Waals surface area (Å²) >= 11 is 0. The summed E-state index contributed by atoms with van der Waals surface area (Å²) in [7, 11) is 0. The second kappa shape index (κ2) is 5.93. The molecule has 6 aliphatic rings. The predicted octanol–water partition coefficient (Wildman–Crippen LogP) is 5.52. The molecular weight excluding hydrogens is 370 g/mol. The van der Waals surface area contributed by atoms with Gasteiger partial charge in [-0.05, 0) is 111 Å². The Hall–Kier alpha value is -0.410. The molecule has 0 bridgehead atoms. The zero-order valence-corrected chi connectivity index (χ0v) is 19.7. The quantitative estimate of drug-likeness (QED) is 0.639. The van der Waals surface area contributed by atoms with E-state index in [2.05, 4.69) is 27.7 Å². The highest BCUT2D eigenvalue weighted by molar-refractivity contribution is 5.96. The number of aliphatic hydroxyl groups excluding tert-OH is 2. The molecule has 0 amide bonds. The molecule has 168 valence electrons. The Labute approximate surface area is 183 Å². The molecule has 1 unspecified atom stereocenters. The van der Waals surface area contributed by atoms with Crippen LogP contribution in [0.4, 0.5) is 0 Å². The number of hydrogen-bond acceptors (Lipinski definition) is 3. The van der Waals surface area contributed by atoms with Crippen LogP contribution in [0.15, 0.2) is 4.99 Å². The summed E-state index contributed by atoms with van der Waals surface area (Å²) in [5.41, 5.74) is 2.50. The Morgan fingerprint density at radius 2 is 1.80 bits per heavy atom. The van der Waals surface area contributed by atoms with E-state index in [1.807, 2.05) is 0 Å². The van der Waals surface area contributed by atoms with Gasteiger partial charge in [0.05, 0.1) is 11.6 Å². The maximum absolute atomic E-state index is 11.4. The van der Waals surface area contributed by atoms with Crippen LogP contribution >= 0.6 is 0 Å². The van der Waals surface area contributed by atoms with Gasteiger partial charge in [-0.3, -0.25) is 4.99 Å². The summed E-state index contributed by atoms with van der Waals surface area (Å²) in [6.45, 7) is 9.66. The molecule has 0 aromatic rings. The molecule has 3 nitrogen and oxygen atoms in total. The van der Waals surface area contributed by atoms with Crippen molar-refractivity contribution in [3.05, 3.63) is 0 Å². The largest absolute Gasteiger partial charge is 0.393 e. The SMILES string of the molecule is CC(C)CCC1=N[C@@]2(CCC34C[C@]35CC[C@H]3C[C@@H](O)CC[C@]3(C)[C@H]5CC[C@@]42C)[C@@H]1O. The van der Waals surface area contributed by atoms with Crippen molar-refractivity contribution in [1.82, 2.24) is 0 Å². The van der Waals surface area contributed by atoms with Crippen LogP contribution in [0.25, 0.3) is 0 Å². The number of nitrogens with zero attached hydrogens (tertiary/aromatic N) is 1. The standard InChI is InChI=1S/C27H43NO2/c1-17(2)5-6-20-22(30)27(28-20)14-13-26-16-25(26)12-7-18-15-19(29)8-10-23(18,3)21(25)9-11-24(26,27)4/h17-19,21-22,29-30H,5-16H2,1-4H3/t18-,19-,21+,22+,23-,24-,25-,26?,27-/m0/s1. The van der Waals surface area contributed by atoms with Crippen molar-refractivity contribution in [3.63, 3.8) is 0 Å². The van der Waals surface area contributed by atoms with Crippen molar-refractivity contribution in [2.45, 2.75) is 122 Å². The van der Waals surface area contributed by atoms with Crippen molar-refractivity contribution in [3.8, 4) is 0 Å². The number of hydrogen-bond donors (Lipinski definition) is 2. The lowest BCUT2D eigenvalue weighted by atomic mass is 9.43. The molecule has 0 radical (unpaired) electrons. The minimum Gasteiger partial charge on any atom is -0.393 e. The van der Waals surface area contributed by atoms with E-state index in [0.717, 1.165) is 49.7 Å². The molecule has 2 N–H and O–H groups in total. The maximum Gasteiger partial charge on any atom is 0.117 e. The van der Waals surface area contributed by atoms with Crippen LogP contribution in [0.2, 0.25) is 0 Å². The molecule has 5 saturated carbocycles. The first-order valence-electron chi connectivity index (χ1n) is 13.1. The molecular formula is C27H43NO2. The fraction of sp³-hybridized carbons (Fsp3) is 0.963. The maximum atomic E-state index is 11.4. The van der Waals surface area contributed by atoms with E-state index in [4.69, 9.17) is 4.99 Å². The molecule has 9 atom stereocenters. The van der Waals surface area contributed by atoms with Crippen molar-refractivity contribution in [2.24, 2.45) is 44.4 Å². The lowest BCUT2D eigenvalue weighted by Gasteiger charge is -2.63. The van der Waals surface area contributed by atoms with Gasteiger partial charge in [0.2, 0.25) is 0 Å². The van der Waals surface area contributed by atoms with E-state index in [9.17, 15) is 10.2 Å². The van der Waals surface area contributed by atoms with Crippen LogP contribution in [0.5, 0.6) is 0 Å². The van der Waals surface area contributed by atoms with Crippen LogP contribution in [0.3, 0.4) is 0 Å². The van der Waals surface area contributed by atoms with Crippen molar-refractivity contribution in [1.29, 1.82) is 0 Å². The molecule has 5 aliphatic carbocycles. The second-order valence-corrected chi connectivity index (χ2v) is 13.4. The molecule has 0 aromatic carbocycles. The fourth-order valence-corrected chi connectivity index (χ4v) is 10.6. The first kappa shape index (κ1) is 20.2. The molecule has 3 spiro atoms. The lowest BCUT2D eigenvalue weighted by Crippen LogP contribution is -2.65. The van der Waals surface area contributed by atoms with Crippen molar-refractivity contribution in [2.75, 3.05) is 0 Å². The number of fused-ring (bicyclic) bond motifs is 3. The van der Waals surface area contributed by atoms with Gasteiger partial charge in [-0.1, -0.05) is 27.7 Å². The van der Waals surface area contributed by atoms with Gasteiger partial charge >= 0.3 is 0 Å².